The zero-order valence-corrected chi connectivity index (χ0v) is 19.3. The van der Waals surface area contributed by atoms with Crippen LogP contribution >= 0.6 is 11.8 Å². The Bertz CT molecular complexity index is 1020. The van der Waals surface area contributed by atoms with E-state index in [9.17, 15) is 23.3 Å². The largest absolute Gasteiger partial charge is 0.482 e. The molecular formula is C21H26N2O7S2. The highest BCUT2D eigenvalue weighted by atomic mass is 32.2. The minimum absolute atomic E-state index is 0.0257. The summed E-state index contributed by atoms with van der Waals surface area (Å²) in [7, 11) is -3.46. The molecule has 0 saturated carbocycles. The maximum Gasteiger partial charge on any atom is 0.341 e. The molecule has 32 heavy (non-hydrogen) atoms. The van der Waals surface area contributed by atoms with Crippen LogP contribution in [0.2, 0.25) is 0 Å². The quantitative estimate of drug-likeness (QED) is 0.180. The molecule has 174 valence electrons. The SMILES string of the molecule is Cc1cc(SCCCNCCCS(=O)(=O)c2ccc([N+](=O)[O-])cc2)ccc1OCC(=O)O. The number of aliphatic carboxylic acids is 1. The van der Waals surface area contributed by atoms with E-state index in [0.29, 0.717) is 18.7 Å². The van der Waals surface area contributed by atoms with Crippen molar-refractivity contribution in [1.29, 1.82) is 0 Å². The van der Waals surface area contributed by atoms with E-state index in [-0.39, 0.29) is 22.9 Å². The predicted octanol–water partition coefficient (Wildman–Crippen LogP) is 3.30. The molecule has 0 aliphatic carbocycles. The van der Waals surface area contributed by atoms with Crippen LogP contribution in [0.25, 0.3) is 0 Å². The van der Waals surface area contributed by atoms with Gasteiger partial charge in [-0.25, -0.2) is 13.2 Å². The molecule has 0 aromatic heterocycles. The summed E-state index contributed by atoms with van der Waals surface area (Å²) >= 11 is 1.68. The van der Waals surface area contributed by atoms with Gasteiger partial charge in [-0.15, -0.1) is 11.8 Å². The van der Waals surface area contributed by atoms with E-state index >= 15 is 0 Å². The number of nitrogens with one attached hydrogen (secondary N) is 1. The summed E-state index contributed by atoms with van der Waals surface area (Å²) in [6, 6.07) is 10.5. The van der Waals surface area contributed by atoms with Gasteiger partial charge >= 0.3 is 5.97 Å². The number of carbonyl (C=O) groups is 1. The number of nitro benzene ring substituents is 1. The summed E-state index contributed by atoms with van der Waals surface area (Å²) < 4.78 is 29.8. The molecule has 0 saturated heterocycles. The minimum atomic E-state index is -3.46. The van der Waals surface area contributed by atoms with Crippen LogP contribution in [0.1, 0.15) is 18.4 Å². The van der Waals surface area contributed by atoms with Gasteiger partial charge in [0.05, 0.1) is 15.6 Å². The fourth-order valence-corrected chi connectivity index (χ4v) is 5.07. The molecule has 0 radical (unpaired) electrons. The molecule has 2 aromatic rings. The monoisotopic (exact) mass is 482 g/mol. The van der Waals surface area contributed by atoms with Crippen LogP contribution in [0.15, 0.2) is 52.3 Å². The summed E-state index contributed by atoms with van der Waals surface area (Å²) in [4.78, 5) is 21.8. The minimum Gasteiger partial charge on any atom is -0.482 e. The van der Waals surface area contributed by atoms with E-state index in [1.165, 1.54) is 24.3 Å². The Morgan fingerprint density at radius 1 is 1.16 bits per heavy atom. The van der Waals surface area contributed by atoms with Gasteiger partial charge in [0.2, 0.25) is 0 Å². The zero-order chi connectivity index (χ0) is 23.6. The number of rotatable bonds is 14. The van der Waals surface area contributed by atoms with E-state index in [2.05, 4.69) is 5.32 Å². The Morgan fingerprint density at radius 2 is 1.84 bits per heavy atom. The maximum atomic E-state index is 12.3. The molecule has 9 nitrogen and oxygen atoms in total. The number of ether oxygens (including phenoxy) is 1. The highest BCUT2D eigenvalue weighted by Crippen LogP contribution is 2.26. The molecule has 0 fully saturated rings. The molecule has 0 spiro atoms. The van der Waals surface area contributed by atoms with Crippen molar-refractivity contribution in [3.05, 3.63) is 58.1 Å². The first kappa shape index (κ1) is 25.6. The van der Waals surface area contributed by atoms with E-state index in [4.69, 9.17) is 9.84 Å². The summed E-state index contributed by atoms with van der Waals surface area (Å²) in [5.41, 5.74) is 0.740. The third-order valence-electron chi connectivity index (χ3n) is 4.44. The lowest BCUT2D eigenvalue weighted by atomic mass is 10.2. The summed E-state index contributed by atoms with van der Waals surface area (Å²) in [5.74, 6) is 0.395. The predicted molar refractivity (Wildman–Crippen MR) is 122 cm³/mol. The van der Waals surface area contributed by atoms with Crippen LogP contribution < -0.4 is 10.1 Å². The molecule has 2 rings (SSSR count). The lowest BCUT2D eigenvalue weighted by molar-refractivity contribution is -0.384. The van der Waals surface area contributed by atoms with Gasteiger partial charge in [0.25, 0.3) is 5.69 Å². The van der Waals surface area contributed by atoms with Crippen molar-refractivity contribution in [2.75, 3.05) is 31.2 Å². The number of hydrogen-bond donors (Lipinski definition) is 2. The van der Waals surface area contributed by atoms with Crippen molar-refractivity contribution in [2.24, 2.45) is 0 Å². The lowest BCUT2D eigenvalue weighted by Gasteiger charge is -2.09. The van der Waals surface area contributed by atoms with Gasteiger partial charge in [0, 0.05) is 17.0 Å². The summed E-state index contributed by atoms with van der Waals surface area (Å²) in [6.45, 7) is 2.82. The smallest absolute Gasteiger partial charge is 0.341 e. The van der Waals surface area contributed by atoms with Crippen LogP contribution in [0, 0.1) is 17.0 Å². The first-order valence-corrected chi connectivity index (χ1v) is 12.6. The van der Waals surface area contributed by atoms with Crippen molar-refractivity contribution >= 4 is 33.3 Å². The van der Waals surface area contributed by atoms with E-state index in [1.807, 2.05) is 19.1 Å². The van der Waals surface area contributed by atoms with Crippen LogP contribution in [-0.4, -0.2) is 55.6 Å². The van der Waals surface area contributed by atoms with Gasteiger partial charge in [0.15, 0.2) is 16.4 Å². The molecule has 2 N–H and O–H groups in total. The fraction of sp³-hybridized carbons (Fsp3) is 0.381. The average Bonchev–Trinajstić information content (AvgIpc) is 2.74. The van der Waals surface area contributed by atoms with Crippen molar-refractivity contribution in [3.8, 4) is 5.75 Å². The number of benzene rings is 2. The number of aryl methyl sites for hydroxylation is 1. The van der Waals surface area contributed by atoms with E-state index < -0.39 is 20.7 Å². The van der Waals surface area contributed by atoms with Gasteiger partial charge in [-0.1, -0.05) is 0 Å². The number of sulfone groups is 1. The number of thioether (sulfide) groups is 1. The van der Waals surface area contributed by atoms with E-state index in [0.717, 1.165) is 29.2 Å². The number of nitro groups is 1. The molecule has 0 atom stereocenters. The Morgan fingerprint density at radius 3 is 2.47 bits per heavy atom. The maximum absolute atomic E-state index is 12.3. The van der Waals surface area contributed by atoms with Gasteiger partial charge in [-0.05, 0) is 74.5 Å². The van der Waals surface area contributed by atoms with Crippen LogP contribution in [0.4, 0.5) is 5.69 Å². The lowest BCUT2D eigenvalue weighted by Crippen LogP contribution is -2.20. The first-order chi connectivity index (χ1) is 15.2. The van der Waals surface area contributed by atoms with Crippen molar-refractivity contribution < 1.29 is 28.0 Å². The van der Waals surface area contributed by atoms with Gasteiger partial charge in [-0.3, -0.25) is 10.1 Å². The van der Waals surface area contributed by atoms with Gasteiger partial charge < -0.3 is 15.2 Å². The molecule has 0 unspecified atom stereocenters. The number of non-ortho nitro benzene ring substituents is 1. The van der Waals surface area contributed by atoms with Crippen LogP contribution in [-0.2, 0) is 14.6 Å². The van der Waals surface area contributed by atoms with Crippen molar-refractivity contribution in [1.82, 2.24) is 5.32 Å². The summed E-state index contributed by atoms with van der Waals surface area (Å²) in [5, 5.41) is 22.6. The standard InChI is InChI=1S/C21H26N2O7S2/c1-16-14-18(6-9-20(16)30-15-21(24)25)31-12-2-10-22-11-3-13-32(28,29)19-7-4-17(5-8-19)23(26)27/h4-9,14,22H,2-3,10-13,15H2,1H3,(H,24,25). The zero-order valence-electron chi connectivity index (χ0n) is 17.7. The second kappa shape index (κ2) is 12.4. The van der Waals surface area contributed by atoms with Crippen LogP contribution in [0.5, 0.6) is 5.75 Å². The molecule has 0 amide bonds. The van der Waals surface area contributed by atoms with E-state index in [1.54, 1.807) is 17.8 Å². The highest BCUT2D eigenvalue weighted by Gasteiger charge is 2.15. The third kappa shape index (κ3) is 8.48. The Labute approximate surface area is 191 Å². The van der Waals surface area contributed by atoms with Gasteiger partial charge in [0.1, 0.15) is 5.75 Å². The number of nitrogens with zero attached hydrogens (tertiary/aromatic N) is 1. The number of carboxylic acid groups (broad SMARTS) is 1. The molecule has 0 aliphatic rings. The van der Waals surface area contributed by atoms with Crippen molar-refractivity contribution in [3.63, 3.8) is 0 Å². The topological polar surface area (TPSA) is 136 Å². The molecular weight excluding hydrogens is 456 g/mol. The van der Waals surface area contributed by atoms with Gasteiger partial charge in [-0.2, -0.15) is 0 Å². The van der Waals surface area contributed by atoms with Crippen molar-refractivity contribution in [2.45, 2.75) is 29.6 Å². The fourth-order valence-electron chi connectivity index (χ4n) is 2.81. The molecule has 0 heterocycles. The first-order valence-electron chi connectivity index (χ1n) is 9.95. The second-order valence-electron chi connectivity index (χ2n) is 6.99. The Balaban J connectivity index is 1.62. The average molecular weight is 483 g/mol. The summed E-state index contributed by atoms with van der Waals surface area (Å²) in [6.07, 6.45) is 1.35. The molecule has 11 heteroatoms. The highest BCUT2D eigenvalue weighted by molar-refractivity contribution is 7.99. The molecule has 2 aromatic carbocycles. The Kier molecular flexibility index (Phi) is 9.95. The number of carboxylic acids is 1. The second-order valence-corrected chi connectivity index (χ2v) is 10.3. The normalized spacial score (nSPS) is 11.3. The molecule has 0 aliphatic heterocycles. The number of hydrogen-bond acceptors (Lipinski definition) is 8. The third-order valence-corrected chi connectivity index (χ3v) is 7.33. The van der Waals surface area contributed by atoms with Crippen LogP contribution in [0.3, 0.4) is 0 Å². The Hall–Kier alpha value is -2.63. The molecule has 0 bridgehead atoms.